The van der Waals surface area contributed by atoms with Crippen molar-refractivity contribution >= 4 is 33.4 Å². The number of nitrogens with one attached hydrogen (secondary N) is 2. The zero-order valence-corrected chi connectivity index (χ0v) is 17.7. The number of sulfonamides is 1. The van der Waals surface area contributed by atoms with Gasteiger partial charge in [-0.05, 0) is 38.5 Å². The van der Waals surface area contributed by atoms with Crippen LogP contribution in [0, 0.1) is 13.8 Å². The number of anilines is 1. The molecule has 0 saturated carbocycles. The average Bonchev–Trinajstić information content (AvgIpc) is 3.02. The number of hydrogen-bond acceptors (Lipinski definition) is 6. The number of aromatic nitrogens is 3. The van der Waals surface area contributed by atoms with Gasteiger partial charge in [-0.2, -0.15) is 4.31 Å². The monoisotopic (exact) mass is 411 g/mol. The van der Waals surface area contributed by atoms with Crippen molar-refractivity contribution in [2.75, 3.05) is 18.4 Å². The topological polar surface area (TPSA) is 108 Å². The average molecular weight is 412 g/mol. The highest BCUT2D eigenvalue weighted by molar-refractivity contribution is 8.00. The van der Waals surface area contributed by atoms with Crippen molar-refractivity contribution < 1.29 is 13.2 Å². The third-order valence-corrected chi connectivity index (χ3v) is 7.16. The van der Waals surface area contributed by atoms with Crippen molar-refractivity contribution in [3.8, 4) is 0 Å². The summed E-state index contributed by atoms with van der Waals surface area (Å²) in [6.45, 7) is 9.64. The van der Waals surface area contributed by atoms with Gasteiger partial charge in [-0.1, -0.05) is 31.7 Å². The summed E-state index contributed by atoms with van der Waals surface area (Å²) < 4.78 is 27.0. The molecule has 1 heterocycles. The Morgan fingerprint density at radius 2 is 1.96 bits per heavy atom. The van der Waals surface area contributed by atoms with Crippen LogP contribution in [0.15, 0.2) is 28.3 Å². The van der Waals surface area contributed by atoms with E-state index in [1.165, 1.54) is 22.1 Å². The van der Waals surface area contributed by atoms with E-state index < -0.39 is 15.3 Å². The van der Waals surface area contributed by atoms with Crippen molar-refractivity contribution in [3.05, 3.63) is 29.6 Å². The zero-order chi connectivity index (χ0) is 20.2. The van der Waals surface area contributed by atoms with E-state index in [9.17, 15) is 13.2 Å². The Kier molecular flexibility index (Phi) is 7.01. The lowest BCUT2D eigenvalue weighted by atomic mass is 10.2. The number of aromatic amines is 1. The molecule has 1 aromatic carbocycles. The second-order valence-corrected chi connectivity index (χ2v) is 9.24. The van der Waals surface area contributed by atoms with Crippen LogP contribution in [0.1, 0.15) is 32.2 Å². The van der Waals surface area contributed by atoms with Crippen molar-refractivity contribution in [2.45, 2.75) is 49.9 Å². The quantitative estimate of drug-likeness (QED) is 0.647. The van der Waals surface area contributed by atoms with E-state index in [0.29, 0.717) is 35.3 Å². The molecule has 0 fully saturated rings. The molecule has 1 atom stereocenters. The number of amides is 1. The minimum absolute atomic E-state index is 0.203. The van der Waals surface area contributed by atoms with Crippen LogP contribution in [0.5, 0.6) is 0 Å². The van der Waals surface area contributed by atoms with Crippen LogP contribution >= 0.6 is 11.8 Å². The molecule has 27 heavy (non-hydrogen) atoms. The molecule has 0 saturated heterocycles. The number of H-pyrrole nitrogens is 1. The maximum atomic E-state index is 12.8. The number of aryl methyl sites for hydroxylation is 2. The largest absolute Gasteiger partial charge is 0.325 e. The number of thioether (sulfide) groups is 1. The van der Waals surface area contributed by atoms with Gasteiger partial charge in [-0.3, -0.25) is 9.89 Å². The van der Waals surface area contributed by atoms with Gasteiger partial charge in [0.05, 0.1) is 10.1 Å². The molecule has 10 heteroatoms. The summed E-state index contributed by atoms with van der Waals surface area (Å²) >= 11 is 1.22. The van der Waals surface area contributed by atoms with Gasteiger partial charge in [0.2, 0.25) is 21.1 Å². The molecule has 0 radical (unpaired) electrons. The molecule has 2 aromatic rings. The van der Waals surface area contributed by atoms with Gasteiger partial charge in [-0.15, -0.1) is 5.10 Å². The Labute approximate surface area is 164 Å². The first-order valence-electron chi connectivity index (χ1n) is 8.66. The van der Waals surface area contributed by atoms with Gasteiger partial charge in [-0.25, -0.2) is 13.4 Å². The van der Waals surface area contributed by atoms with E-state index in [2.05, 4.69) is 20.5 Å². The molecule has 1 aromatic heterocycles. The molecule has 0 unspecified atom stereocenters. The minimum atomic E-state index is -3.60. The van der Waals surface area contributed by atoms with Crippen LogP contribution in [0.2, 0.25) is 0 Å². The van der Waals surface area contributed by atoms with Crippen molar-refractivity contribution in [2.24, 2.45) is 0 Å². The Bertz CT molecular complexity index is 907. The Morgan fingerprint density at radius 3 is 2.52 bits per heavy atom. The van der Waals surface area contributed by atoms with Crippen LogP contribution in [0.3, 0.4) is 0 Å². The van der Waals surface area contributed by atoms with Crippen LogP contribution in [-0.4, -0.2) is 52.2 Å². The van der Waals surface area contributed by atoms with Crippen LogP contribution < -0.4 is 5.32 Å². The van der Waals surface area contributed by atoms with E-state index in [0.717, 1.165) is 0 Å². The highest BCUT2D eigenvalue weighted by Crippen LogP contribution is 2.25. The standard InChI is InChI=1S/C17H25N5O3S2/c1-6-22(7-2)27(24,25)15-10-14(9-8-11(15)3)19-16(23)12(4)26-17-18-13(5)20-21-17/h8-10,12H,6-7H2,1-5H3,(H,19,23)(H,18,20,21)/t12-/m1/s1. The van der Waals surface area contributed by atoms with Gasteiger partial charge < -0.3 is 5.32 Å². The fraction of sp³-hybridized carbons (Fsp3) is 0.471. The van der Waals surface area contributed by atoms with Crippen molar-refractivity contribution in [3.63, 3.8) is 0 Å². The lowest BCUT2D eigenvalue weighted by molar-refractivity contribution is -0.115. The van der Waals surface area contributed by atoms with E-state index in [1.807, 2.05) is 0 Å². The molecule has 0 bridgehead atoms. The Hall–Kier alpha value is -1.91. The van der Waals surface area contributed by atoms with E-state index in [1.54, 1.807) is 46.8 Å². The fourth-order valence-electron chi connectivity index (χ4n) is 2.49. The first kappa shape index (κ1) is 21.4. The number of carbonyl (C=O) groups is 1. The summed E-state index contributed by atoms with van der Waals surface area (Å²) in [4.78, 5) is 16.8. The van der Waals surface area contributed by atoms with Crippen LogP contribution in [0.4, 0.5) is 5.69 Å². The molecule has 2 N–H and O–H groups in total. The highest BCUT2D eigenvalue weighted by atomic mass is 32.2. The first-order chi connectivity index (χ1) is 12.7. The summed E-state index contributed by atoms with van der Waals surface area (Å²) in [6, 6.07) is 4.90. The van der Waals surface area contributed by atoms with Gasteiger partial charge in [0.15, 0.2) is 0 Å². The SMILES string of the molecule is CCN(CC)S(=O)(=O)c1cc(NC(=O)[C@@H](C)Sc2n[nH]c(C)n2)ccc1C. The predicted octanol–water partition coefficient (Wildman–Crippen LogP) is 2.57. The van der Waals surface area contributed by atoms with Crippen LogP contribution in [-0.2, 0) is 14.8 Å². The molecule has 0 aliphatic carbocycles. The van der Waals surface area contributed by atoms with Gasteiger partial charge in [0, 0.05) is 18.8 Å². The van der Waals surface area contributed by atoms with Gasteiger partial charge in [0.25, 0.3) is 0 Å². The Morgan fingerprint density at radius 1 is 1.30 bits per heavy atom. The first-order valence-corrected chi connectivity index (χ1v) is 11.0. The zero-order valence-electron chi connectivity index (χ0n) is 16.1. The van der Waals surface area contributed by atoms with Gasteiger partial charge >= 0.3 is 0 Å². The van der Waals surface area contributed by atoms with Crippen LogP contribution in [0.25, 0.3) is 0 Å². The molecule has 8 nitrogen and oxygen atoms in total. The number of hydrogen-bond donors (Lipinski definition) is 2. The lowest BCUT2D eigenvalue weighted by Crippen LogP contribution is -2.31. The third-order valence-electron chi connectivity index (χ3n) is 4.01. The fourth-order valence-corrected chi connectivity index (χ4v) is 4.97. The Balaban J connectivity index is 2.18. The van der Waals surface area contributed by atoms with Gasteiger partial charge in [0.1, 0.15) is 5.82 Å². The summed E-state index contributed by atoms with van der Waals surface area (Å²) in [5.74, 6) is 0.424. The molecule has 0 aliphatic rings. The molecular formula is C17H25N5O3S2. The molecule has 1 amide bonds. The molecular weight excluding hydrogens is 386 g/mol. The van der Waals surface area contributed by atoms with E-state index in [-0.39, 0.29) is 10.8 Å². The lowest BCUT2D eigenvalue weighted by Gasteiger charge is -2.20. The number of carbonyl (C=O) groups excluding carboxylic acids is 1. The maximum absolute atomic E-state index is 12.8. The molecule has 0 spiro atoms. The van der Waals surface area contributed by atoms with E-state index in [4.69, 9.17) is 0 Å². The summed E-state index contributed by atoms with van der Waals surface area (Å²) in [5.41, 5.74) is 1.08. The number of rotatable bonds is 8. The summed E-state index contributed by atoms with van der Waals surface area (Å²) in [6.07, 6.45) is 0. The second-order valence-electron chi connectivity index (χ2n) is 6.02. The normalized spacial score (nSPS) is 13.0. The highest BCUT2D eigenvalue weighted by Gasteiger charge is 2.24. The van der Waals surface area contributed by atoms with Crippen molar-refractivity contribution in [1.29, 1.82) is 0 Å². The van der Waals surface area contributed by atoms with E-state index >= 15 is 0 Å². The number of nitrogens with zero attached hydrogens (tertiary/aromatic N) is 3. The molecule has 0 aliphatic heterocycles. The maximum Gasteiger partial charge on any atom is 0.243 e. The second kappa shape index (κ2) is 8.85. The molecule has 2 rings (SSSR count). The smallest absolute Gasteiger partial charge is 0.243 e. The van der Waals surface area contributed by atoms with Crippen molar-refractivity contribution in [1.82, 2.24) is 19.5 Å². The summed E-state index contributed by atoms with van der Waals surface area (Å²) in [7, 11) is -3.60. The summed E-state index contributed by atoms with van der Waals surface area (Å²) in [5, 5.41) is 9.56. The number of benzene rings is 1. The third kappa shape index (κ3) is 5.08. The minimum Gasteiger partial charge on any atom is -0.325 e. The molecule has 148 valence electrons. The predicted molar refractivity (Wildman–Crippen MR) is 106 cm³/mol.